The second kappa shape index (κ2) is 11.9. The lowest BCUT2D eigenvalue weighted by atomic mass is 10.1. The van der Waals surface area contributed by atoms with E-state index in [1.54, 1.807) is 54.6 Å². The molecule has 1 fully saturated rings. The van der Waals surface area contributed by atoms with Crippen molar-refractivity contribution in [1.82, 2.24) is 5.32 Å². The zero-order chi connectivity index (χ0) is 26.4. The van der Waals surface area contributed by atoms with Gasteiger partial charge in [-0.15, -0.1) is 0 Å². The predicted octanol–water partition coefficient (Wildman–Crippen LogP) is 5.63. The number of imide groups is 2. The Morgan fingerprint density at radius 3 is 2.30 bits per heavy atom. The number of ether oxygens (including phenoxy) is 3. The fourth-order valence-corrected chi connectivity index (χ4v) is 3.97. The summed E-state index contributed by atoms with van der Waals surface area (Å²) in [4.78, 5) is 38.9. The van der Waals surface area contributed by atoms with E-state index in [0.29, 0.717) is 40.1 Å². The predicted molar refractivity (Wildman–Crippen MR) is 143 cm³/mol. The lowest BCUT2D eigenvalue weighted by Gasteiger charge is -2.26. The number of urea groups is 1. The Kier molecular flexibility index (Phi) is 8.47. The highest BCUT2D eigenvalue weighted by atomic mass is 79.9. The van der Waals surface area contributed by atoms with E-state index >= 15 is 0 Å². The molecule has 0 radical (unpaired) electrons. The number of hydrogen-bond acceptors (Lipinski definition) is 6. The number of hydrogen-bond donors (Lipinski definition) is 1. The third kappa shape index (κ3) is 6.31. The largest absolute Gasteiger partial charge is 0.490 e. The summed E-state index contributed by atoms with van der Waals surface area (Å²) < 4.78 is 18.0. The van der Waals surface area contributed by atoms with Gasteiger partial charge in [-0.05, 0) is 67.1 Å². The number of amides is 4. The summed E-state index contributed by atoms with van der Waals surface area (Å²) in [5.41, 5.74) is 0.667. The molecular formula is C27H22BrClN2O6. The van der Waals surface area contributed by atoms with Crippen LogP contribution < -0.4 is 24.4 Å². The van der Waals surface area contributed by atoms with Gasteiger partial charge in [-0.1, -0.05) is 45.7 Å². The lowest BCUT2D eigenvalue weighted by molar-refractivity contribution is -0.122. The van der Waals surface area contributed by atoms with E-state index in [9.17, 15) is 14.4 Å². The molecule has 0 atom stereocenters. The number of para-hydroxylation sites is 1. The highest BCUT2D eigenvalue weighted by Gasteiger charge is 2.36. The molecule has 1 heterocycles. The van der Waals surface area contributed by atoms with Crippen molar-refractivity contribution in [2.75, 3.05) is 24.7 Å². The van der Waals surface area contributed by atoms with Crippen molar-refractivity contribution in [2.45, 2.75) is 6.92 Å². The summed E-state index contributed by atoms with van der Waals surface area (Å²) >= 11 is 9.42. The molecular weight excluding hydrogens is 564 g/mol. The van der Waals surface area contributed by atoms with E-state index in [2.05, 4.69) is 21.2 Å². The number of rotatable bonds is 9. The Bertz CT molecular complexity index is 1360. The van der Waals surface area contributed by atoms with Gasteiger partial charge >= 0.3 is 6.03 Å². The highest BCUT2D eigenvalue weighted by molar-refractivity contribution is 9.10. The minimum absolute atomic E-state index is 0.188. The second-order valence-corrected chi connectivity index (χ2v) is 9.02. The first kappa shape index (κ1) is 26.2. The number of halogens is 2. The minimum Gasteiger partial charge on any atom is -0.490 e. The number of nitrogens with zero attached hydrogens (tertiary/aromatic N) is 1. The first-order chi connectivity index (χ1) is 17.9. The molecule has 1 saturated heterocycles. The maximum atomic E-state index is 13.1. The fraction of sp³-hybridized carbons (Fsp3) is 0.148. The molecule has 0 saturated carbocycles. The van der Waals surface area contributed by atoms with Crippen molar-refractivity contribution in [3.63, 3.8) is 0 Å². The molecule has 3 aromatic rings. The molecule has 0 bridgehead atoms. The fourth-order valence-electron chi connectivity index (χ4n) is 3.52. The van der Waals surface area contributed by atoms with Crippen LogP contribution in [-0.4, -0.2) is 37.7 Å². The summed E-state index contributed by atoms with van der Waals surface area (Å²) in [5.74, 6) is -0.0488. The molecule has 8 nitrogen and oxygen atoms in total. The molecule has 0 unspecified atom stereocenters. The molecule has 1 aliphatic rings. The Hall–Kier alpha value is -3.82. The van der Waals surface area contributed by atoms with Gasteiger partial charge < -0.3 is 14.2 Å². The molecule has 4 amide bonds. The molecule has 4 rings (SSSR count). The summed E-state index contributed by atoms with van der Waals surface area (Å²) in [7, 11) is 0. The van der Waals surface area contributed by atoms with Crippen LogP contribution in [-0.2, 0) is 9.59 Å². The van der Waals surface area contributed by atoms with Crippen LogP contribution in [0.3, 0.4) is 0 Å². The summed E-state index contributed by atoms with van der Waals surface area (Å²) in [6, 6.07) is 17.9. The van der Waals surface area contributed by atoms with Crippen LogP contribution >= 0.6 is 27.5 Å². The van der Waals surface area contributed by atoms with Gasteiger partial charge in [-0.25, -0.2) is 9.69 Å². The van der Waals surface area contributed by atoms with Crippen LogP contribution in [0.15, 0.2) is 76.8 Å². The van der Waals surface area contributed by atoms with Gasteiger partial charge in [0.25, 0.3) is 11.8 Å². The maximum Gasteiger partial charge on any atom is 0.335 e. The van der Waals surface area contributed by atoms with Crippen LogP contribution in [0.5, 0.6) is 17.2 Å². The number of carbonyl (C=O) groups is 3. The van der Waals surface area contributed by atoms with E-state index in [-0.39, 0.29) is 18.8 Å². The lowest BCUT2D eigenvalue weighted by Crippen LogP contribution is -2.54. The normalized spacial score (nSPS) is 14.5. The average molecular weight is 586 g/mol. The molecule has 0 aromatic heterocycles. The Balaban J connectivity index is 1.51. The van der Waals surface area contributed by atoms with E-state index in [1.165, 1.54) is 6.08 Å². The monoisotopic (exact) mass is 584 g/mol. The van der Waals surface area contributed by atoms with E-state index < -0.39 is 17.8 Å². The van der Waals surface area contributed by atoms with Crippen LogP contribution in [0.2, 0.25) is 5.02 Å². The molecule has 10 heteroatoms. The van der Waals surface area contributed by atoms with Crippen LogP contribution in [0.25, 0.3) is 6.08 Å². The number of benzene rings is 3. The van der Waals surface area contributed by atoms with Gasteiger partial charge in [0.15, 0.2) is 11.5 Å². The molecule has 3 aromatic carbocycles. The minimum atomic E-state index is -0.813. The van der Waals surface area contributed by atoms with Crippen molar-refractivity contribution in [3.05, 3.63) is 87.4 Å². The molecule has 1 aliphatic heterocycles. The number of carbonyl (C=O) groups excluding carboxylic acids is 3. The van der Waals surface area contributed by atoms with Crippen molar-refractivity contribution < 1.29 is 28.6 Å². The Labute approximate surface area is 226 Å². The van der Waals surface area contributed by atoms with Gasteiger partial charge in [0.05, 0.1) is 17.3 Å². The number of anilines is 1. The van der Waals surface area contributed by atoms with Gasteiger partial charge in [0.1, 0.15) is 24.5 Å². The number of barbiturate groups is 1. The van der Waals surface area contributed by atoms with Crippen molar-refractivity contribution in [3.8, 4) is 17.2 Å². The van der Waals surface area contributed by atoms with Gasteiger partial charge in [-0.2, -0.15) is 0 Å². The standard InChI is InChI=1S/C27H22BrClN2O6/c1-2-35-24-16-17(7-12-23(24)37-14-13-36-22-6-4-3-5-21(22)29)15-20-25(32)30-27(34)31(26(20)33)19-10-8-18(28)9-11-19/h3-12,15-16H,2,13-14H2,1H3,(H,30,32,34). The van der Waals surface area contributed by atoms with Crippen molar-refractivity contribution in [2.24, 2.45) is 0 Å². The van der Waals surface area contributed by atoms with Crippen LogP contribution in [0, 0.1) is 0 Å². The molecule has 0 spiro atoms. The summed E-state index contributed by atoms with van der Waals surface area (Å²) in [5, 5.41) is 2.72. The van der Waals surface area contributed by atoms with Crippen LogP contribution in [0.4, 0.5) is 10.5 Å². The average Bonchev–Trinajstić information content (AvgIpc) is 2.87. The molecule has 37 heavy (non-hydrogen) atoms. The van der Waals surface area contributed by atoms with Gasteiger partial charge in [0.2, 0.25) is 0 Å². The van der Waals surface area contributed by atoms with E-state index in [1.807, 2.05) is 19.1 Å². The third-order valence-corrected chi connectivity index (χ3v) is 6.04. The van der Waals surface area contributed by atoms with Crippen molar-refractivity contribution in [1.29, 1.82) is 0 Å². The SMILES string of the molecule is CCOc1cc(C=C2C(=O)NC(=O)N(c3ccc(Br)cc3)C2=O)ccc1OCCOc1ccccc1Cl. The first-order valence-corrected chi connectivity index (χ1v) is 12.5. The first-order valence-electron chi connectivity index (χ1n) is 11.3. The number of nitrogens with one attached hydrogen (secondary N) is 1. The van der Waals surface area contributed by atoms with Gasteiger partial charge in [-0.3, -0.25) is 14.9 Å². The molecule has 0 aliphatic carbocycles. The third-order valence-electron chi connectivity index (χ3n) is 5.20. The smallest absolute Gasteiger partial charge is 0.335 e. The van der Waals surface area contributed by atoms with E-state index in [0.717, 1.165) is 9.37 Å². The Morgan fingerprint density at radius 1 is 0.892 bits per heavy atom. The second-order valence-electron chi connectivity index (χ2n) is 7.70. The zero-order valence-electron chi connectivity index (χ0n) is 19.7. The quantitative estimate of drug-likeness (QED) is 0.199. The summed E-state index contributed by atoms with van der Waals surface area (Å²) in [6.07, 6.45) is 1.41. The molecule has 190 valence electrons. The Morgan fingerprint density at radius 2 is 1.59 bits per heavy atom. The summed E-state index contributed by atoms with van der Waals surface area (Å²) in [6.45, 7) is 2.69. The van der Waals surface area contributed by atoms with Gasteiger partial charge in [0, 0.05) is 4.47 Å². The zero-order valence-corrected chi connectivity index (χ0v) is 22.0. The maximum absolute atomic E-state index is 13.1. The molecule has 1 N–H and O–H groups in total. The highest BCUT2D eigenvalue weighted by Crippen LogP contribution is 2.31. The van der Waals surface area contributed by atoms with E-state index in [4.69, 9.17) is 25.8 Å². The topological polar surface area (TPSA) is 94.2 Å². The van der Waals surface area contributed by atoms with Crippen molar-refractivity contribution >= 4 is 57.1 Å². The van der Waals surface area contributed by atoms with Crippen LogP contribution in [0.1, 0.15) is 12.5 Å².